The molecule has 0 saturated carbocycles. The maximum absolute atomic E-state index is 11.4. The lowest BCUT2D eigenvalue weighted by Crippen LogP contribution is -2.13. The summed E-state index contributed by atoms with van der Waals surface area (Å²) in [6, 6.07) is 15.4. The van der Waals surface area contributed by atoms with Crippen molar-refractivity contribution in [2.24, 2.45) is 10.1 Å². The van der Waals surface area contributed by atoms with Gasteiger partial charge in [0.15, 0.2) is 0 Å². The molecule has 6 nitrogen and oxygen atoms in total. The van der Waals surface area contributed by atoms with Crippen LogP contribution in [-0.4, -0.2) is 15.3 Å². The van der Waals surface area contributed by atoms with E-state index >= 15 is 0 Å². The number of aromatic nitrogens is 1. The summed E-state index contributed by atoms with van der Waals surface area (Å²) in [4.78, 5) is 17.7. The Morgan fingerprint density at radius 1 is 1.00 bits per heavy atom. The van der Waals surface area contributed by atoms with E-state index in [0.717, 1.165) is 21.1 Å². The van der Waals surface area contributed by atoms with Gasteiger partial charge in [-0.05, 0) is 62.4 Å². The lowest BCUT2D eigenvalue weighted by molar-refractivity contribution is -0.385. The third-order valence-electron chi connectivity index (χ3n) is 5.25. The maximum Gasteiger partial charge on any atom is 0.272 e. The molecule has 32 heavy (non-hydrogen) atoms. The highest BCUT2D eigenvalue weighted by atomic mass is 32.1. The van der Waals surface area contributed by atoms with E-state index in [-0.39, 0.29) is 10.6 Å². The number of nitro groups is 1. The topological polar surface area (TPSA) is 72.8 Å². The average molecular weight is 463 g/mol. The molecule has 0 amide bonds. The zero-order chi connectivity index (χ0) is 22.8. The molecular formula is C24H22N4O2S2. The Bertz CT molecular complexity index is 1400. The Labute approximate surface area is 194 Å². The van der Waals surface area contributed by atoms with Crippen molar-refractivity contribution in [1.82, 2.24) is 4.68 Å². The standard InChI is InChI=1S/C24H22N4O2S2/c1-15-8-10-20(12-17(15)3)25-24-27(22(14-32-24)23-6-5-11-31-23)26-18(4)19-9-7-16(2)21(13-19)28(29)30/h5-14H,1-4H3. The zero-order valence-electron chi connectivity index (χ0n) is 18.2. The van der Waals surface area contributed by atoms with Crippen LogP contribution in [0.1, 0.15) is 29.2 Å². The molecule has 0 bridgehead atoms. The minimum absolute atomic E-state index is 0.0888. The highest BCUT2D eigenvalue weighted by molar-refractivity contribution is 7.14. The largest absolute Gasteiger partial charge is 0.272 e. The van der Waals surface area contributed by atoms with E-state index < -0.39 is 0 Å². The third kappa shape index (κ3) is 4.46. The van der Waals surface area contributed by atoms with E-state index in [1.54, 1.807) is 30.4 Å². The molecule has 2 heterocycles. The number of benzene rings is 2. The molecular weight excluding hydrogens is 440 g/mol. The number of aryl methyl sites for hydroxylation is 3. The van der Waals surface area contributed by atoms with Crippen molar-refractivity contribution in [1.29, 1.82) is 0 Å². The van der Waals surface area contributed by atoms with E-state index in [9.17, 15) is 10.1 Å². The van der Waals surface area contributed by atoms with E-state index in [4.69, 9.17) is 10.1 Å². The van der Waals surface area contributed by atoms with Gasteiger partial charge in [-0.15, -0.1) is 22.7 Å². The molecule has 0 saturated heterocycles. The van der Waals surface area contributed by atoms with Crippen LogP contribution in [0.3, 0.4) is 0 Å². The second-order valence-corrected chi connectivity index (χ2v) is 9.30. The first-order valence-corrected chi connectivity index (χ1v) is 11.8. The maximum atomic E-state index is 11.4. The van der Waals surface area contributed by atoms with Gasteiger partial charge in [0.25, 0.3) is 5.69 Å². The van der Waals surface area contributed by atoms with E-state index in [1.165, 1.54) is 22.5 Å². The summed E-state index contributed by atoms with van der Waals surface area (Å²) in [5, 5.41) is 20.3. The van der Waals surface area contributed by atoms with Gasteiger partial charge in [-0.2, -0.15) is 5.10 Å². The van der Waals surface area contributed by atoms with Gasteiger partial charge >= 0.3 is 0 Å². The first-order chi connectivity index (χ1) is 15.3. The predicted molar refractivity (Wildman–Crippen MR) is 132 cm³/mol. The molecule has 0 radical (unpaired) electrons. The molecule has 0 spiro atoms. The minimum atomic E-state index is -0.360. The molecule has 0 fully saturated rings. The number of thiophene rings is 1. The van der Waals surface area contributed by atoms with Crippen LogP contribution in [0.25, 0.3) is 10.6 Å². The van der Waals surface area contributed by atoms with Crippen molar-refractivity contribution in [3.8, 4) is 10.6 Å². The average Bonchev–Trinajstić information content (AvgIpc) is 3.41. The number of thiazole rings is 1. The zero-order valence-corrected chi connectivity index (χ0v) is 19.8. The lowest BCUT2D eigenvalue weighted by atomic mass is 10.1. The summed E-state index contributed by atoms with van der Waals surface area (Å²) >= 11 is 3.15. The number of hydrogen-bond acceptors (Lipinski definition) is 6. The molecule has 0 aliphatic rings. The van der Waals surface area contributed by atoms with Gasteiger partial charge in [0.2, 0.25) is 4.80 Å². The fourth-order valence-corrected chi connectivity index (χ4v) is 4.86. The lowest BCUT2D eigenvalue weighted by Gasteiger charge is -2.06. The second-order valence-electron chi connectivity index (χ2n) is 7.52. The summed E-state index contributed by atoms with van der Waals surface area (Å²) in [7, 11) is 0. The van der Waals surface area contributed by atoms with Crippen molar-refractivity contribution in [2.75, 3.05) is 0 Å². The van der Waals surface area contributed by atoms with Gasteiger partial charge in [0, 0.05) is 22.6 Å². The van der Waals surface area contributed by atoms with E-state index in [0.29, 0.717) is 16.8 Å². The van der Waals surface area contributed by atoms with Gasteiger partial charge in [-0.1, -0.05) is 24.3 Å². The molecule has 0 aliphatic heterocycles. The Balaban J connectivity index is 1.87. The smallest absolute Gasteiger partial charge is 0.258 e. The highest BCUT2D eigenvalue weighted by Gasteiger charge is 2.14. The molecule has 0 unspecified atom stereocenters. The van der Waals surface area contributed by atoms with Crippen molar-refractivity contribution in [2.45, 2.75) is 27.7 Å². The fraction of sp³-hybridized carbons (Fsp3) is 0.167. The van der Waals surface area contributed by atoms with Crippen LogP contribution in [0.5, 0.6) is 0 Å². The van der Waals surface area contributed by atoms with Crippen LogP contribution < -0.4 is 4.80 Å². The molecule has 0 aliphatic carbocycles. The fourth-order valence-electron chi connectivity index (χ4n) is 3.21. The van der Waals surface area contributed by atoms with Crippen LogP contribution >= 0.6 is 22.7 Å². The van der Waals surface area contributed by atoms with Crippen molar-refractivity contribution < 1.29 is 4.92 Å². The normalized spacial score (nSPS) is 12.4. The van der Waals surface area contributed by atoms with Gasteiger partial charge in [-0.25, -0.2) is 9.67 Å². The summed E-state index contributed by atoms with van der Waals surface area (Å²) in [6.45, 7) is 7.74. The number of nitro benzene ring substituents is 1. The molecule has 4 rings (SSSR count). The van der Waals surface area contributed by atoms with Gasteiger partial charge in [-0.3, -0.25) is 10.1 Å². The van der Waals surface area contributed by atoms with Crippen LogP contribution in [0.15, 0.2) is 69.4 Å². The van der Waals surface area contributed by atoms with Crippen molar-refractivity contribution in [3.63, 3.8) is 0 Å². The van der Waals surface area contributed by atoms with Crippen molar-refractivity contribution in [3.05, 3.63) is 96.5 Å². The second kappa shape index (κ2) is 9.02. The molecule has 2 aromatic heterocycles. The number of nitrogens with zero attached hydrogens (tertiary/aromatic N) is 4. The number of rotatable bonds is 5. The van der Waals surface area contributed by atoms with Crippen molar-refractivity contribution >= 4 is 39.8 Å². The molecule has 0 atom stereocenters. The molecule has 4 aromatic rings. The Hall–Kier alpha value is -3.36. The van der Waals surface area contributed by atoms with Crippen LogP contribution in [0.2, 0.25) is 0 Å². The third-order valence-corrected chi connectivity index (χ3v) is 6.96. The first-order valence-electron chi connectivity index (χ1n) is 10.0. The Kier molecular flexibility index (Phi) is 6.16. The summed E-state index contributed by atoms with van der Waals surface area (Å²) in [5.41, 5.74) is 6.29. The molecule has 0 N–H and O–H groups in total. The van der Waals surface area contributed by atoms with Crippen LogP contribution in [-0.2, 0) is 0 Å². The summed E-state index contributed by atoms with van der Waals surface area (Å²) in [6.07, 6.45) is 0. The molecule has 162 valence electrons. The summed E-state index contributed by atoms with van der Waals surface area (Å²) < 4.78 is 1.83. The Morgan fingerprint density at radius 3 is 2.47 bits per heavy atom. The minimum Gasteiger partial charge on any atom is -0.258 e. The summed E-state index contributed by atoms with van der Waals surface area (Å²) in [5.74, 6) is 0. The first kappa shape index (κ1) is 21.9. The van der Waals surface area contributed by atoms with Gasteiger partial charge in [0.1, 0.15) is 0 Å². The monoisotopic (exact) mass is 462 g/mol. The van der Waals surface area contributed by atoms with Gasteiger partial charge in [0.05, 0.1) is 26.9 Å². The van der Waals surface area contributed by atoms with Crippen LogP contribution in [0.4, 0.5) is 11.4 Å². The number of hydrogen-bond donors (Lipinski definition) is 0. The van der Waals surface area contributed by atoms with Gasteiger partial charge < -0.3 is 0 Å². The quantitative estimate of drug-likeness (QED) is 0.190. The van der Waals surface area contributed by atoms with E-state index in [2.05, 4.69) is 26.0 Å². The Morgan fingerprint density at radius 2 is 1.78 bits per heavy atom. The molecule has 2 aromatic carbocycles. The SMILES string of the molecule is CC(=Nn1c(-c2cccs2)csc1=Nc1ccc(C)c(C)c1)c1ccc(C)c([N+](=O)[O-])c1. The highest BCUT2D eigenvalue weighted by Crippen LogP contribution is 2.26. The van der Waals surface area contributed by atoms with Crippen LogP contribution in [0, 0.1) is 30.9 Å². The predicted octanol–water partition coefficient (Wildman–Crippen LogP) is 6.62. The molecule has 8 heteroatoms. The van der Waals surface area contributed by atoms with E-state index in [1.807, 2.05) is 46.6 Å².